The van der Waals surface area contributed by atoms with Gasteiger partial charge in [-0.25, -0.2) is 0 Å². The highest BCUT2D eigenvalue weighted by atomic mass is 16.4. The van der Waals surface area contributed by atoms with Gasteiger partial charge in [0.15, 0.2) is 0 Å². The number of carboxylic acid groups (broad SMARTS) is 1. The Balaban J connectivity index is 2.11. The molecule has 18 heavy (non-hydrogen) atoms. The number of aromatic nitrogens is 2. The lowest BCUT2D eigenvalue weighted by Gasteiger charge is -2.17. The minimum Gasteiger partial charge on any atom is -0.480 e. The summed E-state index contributed by atoms with van der Waals surface area (Å²) >= 11 is 0. The van der Waals surface area contributed by atoms with Gasteiger partial charge >= 0.3 is 5.97 Å². The molecule has 0 spiro atoms. The van der Waals surface area contributed by atoms with E-state index in [2.05, 4.69) is 29.7 Å². The van der Waals surface area contributed by atoms with Crippen molar-refractivity contribution in [2.24, 2.45) is 0 Å². The molecule has 5 heteroatoms. The van der Waals surface area contributed by atoms with Crippen molar-refractivity contribution in [3.05, 3.63) is 17.5 Å². The molecule has 0 aromatic carbocycles. The smallest absolute Gasteiger partial charge is 0.317 e. The van der Waals surface area contributed by atoms with Gasteiger partial charge in [-0.3, -0.25) is 14.4 Å². The fourth-order valence-corrected chi connectivity index (χ4v) is 2.61. The van der Waals surface area contributed by atoms with Crippen molar-refractivity contribution in [1.29, 1.82) is 0 Å². The highest BCUT2D eigenvalue weighted by Gasteiger charge is 2.27. The number of rotatable bonds is 4. The highest BCUT2D eigenvalue weighted by Crippen LogP contribution is 2.26. The van der Waals surface area contributed by atoms with Gasteiger partial charge in [0, 0.05) is 18.8 Å². The lowest BCUT2D eigenvalue weighted by molar-refractivity contribution is -0.138. The average molecular weight is 251 g/mol. The molecule has 1 aromatic heterocycles. The first kappa shape index (κ1) is 13.1. The van der Waals surface area contributed by atoms with Crippen LogP contribution in [0.15, 0.2) is 6.07 Å². The molecule has 0 amide bonds. The largest absolute Gasteiger partial charge is 0.480 e. The second-order valence-electron chi connectivity index (χ2n) is 5.38. The molecular weight excluding hydrogens is 230 g/mol. The molecule has 1 aliphatic heterocycles. The van der Waals surface area contributed by atoms with Gasteiger partial charge < -0.3 is 5.11 Å². The predicted molar refractivity (Wildman–Crippen MR) is 68.8 cm³/mol. The Morgan fingerprint density at radius 2 is 2.33 bits per heavy atom. The van der Waals surface area contributed by atoms with Crippen molar-refractivity contribution < 1.29 is 9.90 Å². The van der Waals surface area contributed by atoms with Crippen molar-refractivity contribution in [3.63, 3.8) is 0 Å². The molecule has 1 fully saturated rings. The molecule has 1 saturated heterocycles. The van der Waals surface area contributed by atoms with Crippen molar-refractivity contribution >= 4 is 5.97 Å². The summed E-state index contributed by atoms with van der Waals surface area (Å²) in [6.45, 7) is 8.09. The molecular formula is C13H21N3O2. The van der Waals surface area contributed by atoms with E-state index in [0.29, 0.717) is 12.0 Å². The first-order chi connectivity index (χ1) is 8.47. The number of nitrogens with zero attached hydrogens (tertiary/aromatic N) is 3. The van der Waals surface area contributed by atoms with Gasteiger partial charge in [0.2, 0.25) is 0 Å². The molecule has 1 N–H and O–H groups in total. The van der Waals surface area contributed by atoms with Crippen molar-refractivity contribution in [3.8, 4) is 0 Å². The standard InChI is InChI=1S/C13H21N3O2/c1-9(2)12-6-10(3)14-16(12)11-4-5-15(7-11)8-13(17)18/h6,9,11H,4-5,7-8H2,1-3H3,(H,17,18). The Labute approximate surface area is 107 Å². The monoisotopic (exact) mass is 251 g/mol. The summed E-state index contributed by atoms with van der Waals surface area (Å²) < 4.78 is 2.10. The topological polar surface area (TPSA) is 58.4 Å². The van der Waals surface area contributed by atoms with Gasteiger partial charge in [0.25, 0.3) is 0 Å². The second kappa shape index (κ2) is 5.10. The predicted octanol–water partition coefficient (Wildman–Crippen LogP) is 1.65. The van der Waals surface area contributed by atoms with E-state index in [1.807, 2.05) is 11.8 Å². The summed E-state index contributed by atoms with van der Waals surface area (Å²) in [4.78, 5) is 12.7. The number of aliphatic carboxylic acids is 1. The Hall–Kier alpha value is -1.36. The molecule has 0 bridgehead atoms. The van der Waals surface area contributed by atoms with Crippen LogP contribution in [0.2, 0.25) is 0 Å². The van der Waals surface area contributed by atoms with E-state index in [4.69, 9.17) is 5.11 Å². The normalized spacial score (nSPS) is 20.8. The zero-order valence-corrected chi connectivity index (χ0v) is 11.3. The van der Waals surface area contributed by atoms with Crippen molar-refractivity contribution in [1.82, 2.24) is 14.7 Å². The molecule has 1 aliphatic rings. The minimum atomic E-state index is -0.753. The number of aryl methyl sites for hydroxylation is 1. The van der Waals surface area contributed by atoms with E-state index in [9.17, 15) is 4.79 Å². The SMILES string of the molecule is Cc1cc(C(C)C)n(C2CCN(CC(=O)O)C2)n1. The molecule has 2 rings (SSSR count). The molecule has 0 saturated carbocycles. The van der Waals surface area contributed by atoms with Gasteiger partial charge in [0.1, 0.15) is 0 Å². The van der Waals surface area contributed by atoms with Crippen LogP contribution in [-0.4, -0.2) is 45.4 Å². The molecule has 1 atom stereocenters. The number of likely N-dealkylation sites (tertiary alicyclic amines) is 1. The third kappa shape index (κ3) is 2.72. The third-order valence-electron chi connectivity index (χ3n) is 3.43. The maximum absolute atomic E-state index is 10.7. The van der Waals surface area contributed by atoms with Crippen LogP contribution in [0.25, 0.3) is 0 Å². The fraction of sp³-hybridized carbons (Fsp3) is 0.692. The summed E-state index contributed by atoms with van der Waals surface area (Å²) in [5, 5.41) is 13.4. The summed E-state index contributed by atoms with van der Waals surface area (Å²) in [6.07, 6.45) is 0.980. The molecule has 100 valence electrons. The summed E-state index contributed by atoms with van der Waals surface area (Å²) in [6, 6.07) is 2.44. The lowest BCUT2D eigenvalue weighted by Crippen LogP contribution is -2.28. The Kier molecular flexibility index (Phi) is 3.71. The van der Waals surface area contributed by atoms with Gasteiger partial charge in [0.05, 0.1) is 18.3 Å². The first-order valence-electron chi connectivity index (χ1n) is 6.47. The Morgan fingerprint density at radius 1 is 1.61 bits per heavy atom. The van der Waals surface area contributed by atoms with E-state index in [1.54, 1.807) is 0 Å². The van der Waals surface area contributed by atoms with Crippen LogP contribution in [0.1, 0.15) is 43.6 Å². The van der Waals surface area contributed by atoms with Gasteiger partial charge in [-0.15, -0.1) is 0 Å². The minimum absolute atomic E-state index is 0.133. The van der Waals surface area contributed by atoms with Crippen molar-refractivity contribution in [2.75, 3.05) is 19.6 Å². The van der Waals surface area contributed by atoms with Gasteiger partial charge in [-0.2, -0.15) is 5.10 Å². The zero-order chi connectivity index (χ0) is 13.3. The maximum Gasteiger partial charge on any atom is 0.317 e. The molecule has 1 aromatic rings. The number of hydrogen-bond donors (Lipinski definition) is 1. The van der Waals surface area contributed by atoms with E-state index in [1.165, 1.54) is 5.69 Å². The molecule has 0 radical (unpaired) electrons. The van der Waals surface area contributed by atoms with Gasteiger partial charge in [-0.05, 0) is 25.3 Å². The number of carboxylic acids is 1. The highest BCUT2D eigenvalue weighted by molar-refractivity contribution is 5.69. The lowest BCUT2D eigenvalue weighted by atomic mass is 10.1. The van der Waals surface area contributed by atoms with E-state index >= 15 is 0 Å². The Morgan fingerprint density at radius 3 is 2.94 bits per heavy atom. The van der Waals surface area contributed by atoms with E-state index < -0.39 is 5.97 Å². The maximum atomic E-state index is 10.7. The Bertz CT molecular complexity index is 439. The van der Waals surface area contributed by atoms with E-state index in [-0.39, 0.29) is 6.54 Å². The summed E-state index contributed by atoms with van der Waals surface area (Å²) in [5.74, 6) is -0.309. The third-order valence-corrected chi connectivity index (χ3v) is 3.43. The van der Waals surface area contributed by atoms with E-state index in [0.717, 1.165) is 25.2 Å². The zero-order valence-electron chi connectivity index (χ0n) is 11.3. The van der Waals surface area contributed by atoms with Crippen LogP contribution in [0.3, 0.4) is 0 Å². The number of carbonyl (C=O) groups is 1. The van der Waals surface area contributed by atoms with Crippen LogP contribution in [-0.2, 0) is 4.79 Å². The van der Waals surface area contributed by atoms with Crippen LogP contribution < -0.4 is 0 Å². The van der Waals surface area contributed by atoms with Crippen LogP contribution in [0.5, 0.6) is 0 Å². The van der Waals surface area contributed by atoms with Crippen LogP contribution >= 0.6 is 0 Å². The average Bonchev–Trinajstić information content (AvgIpc) is 2.83. The fourth-order valence-electron chi connectivity index (χ4n) is 2.61. The van der Waals surface area contributed by atoms with Crippen molar-refractivity contribution in [2.45, 2.75) is 39.2 Å². The molecule has 1 unspecified atom stereocenters. The number of hydrogen-bond acceptors (Lipinski definition) is 3. The second-order valence-corrected chi connectivity index (χ2v) is 5.38. The van der Waals surface area contributed by atoms with Gasteiger partial charge in [-0.1, -0.05) is 13.8 Å². The molecule has 5 nitrogen and oxygen atoms in total. The summed E-state index contributed by atoms with van der Waals surface area (Å²) in [7, 11) is 0. The first-order valence-corrected chi connectivity index (χ1v) is 6.47. The van der Waals surface area contributed by atoms with Crippen LogP contribution in [0, 0.1) is 6.92 Å². The molecule has 2 heterocycles. The summed E-state index contributed by atoms with van der Waals surface area (Å²) in [5.41, 5.74) is 2.28. The quantitative estimate of drug-likeness (QED) is 0.884. The van der Waals surface area contributed by atoms with Crippen LogP contribution in [0.4, 0.5) is 0 Å². The molecule has 0 aliphatic carbocycles.